The Balaban J connectivity index is 2.18. The number of carbonyl (C=O) groups is 3. The van der Waals surface area contributed by atoms with Gasteiger partial charge in [0.15, 0.2) is 0 Å². The van der Waals surface area contributed by atoms with Gasteiger partial charge in [0.2, 0.25) is 5.91 Å². The fraction of sp³-hybridized carbons (Fsp3) is 0.611. The average molecular weight is 399 g/mol. The van der Waals surface area contributed by atoms with Gasteiger partial charge in [0.25, 0.3) is 5.91 Å². The zero-order valence-corrected chi connectivity index (χ0v) is 17.3. The average Bonchev–Trinajstić information content (AvgIpc) is 3.20. The lowest BCUT2D eigenvalue weighted by Crippen LogP contribution is -2.21. The topological polar surface area (TPSA) is 75.7 Å². The van der Waals surface area contributed by atoms with Crippen LogP contribution in [0.5, 0.6) is 0 Å². The lowest BCUT2D eigenvalue weighted by molar-refractivity contribution is -0.113. The van der Waals surface area contributed by atoms with Crippen LogP contribution in [0.1, 0.15) is 58.2 Å². The lowest BCUT2D eigenvalue weighted by atomic mass is 10.1. The Morgan fingerprint density at radius 2 is 1.92 bits per heavy atom. The van der Waals surface area contributed by atoms with Crippen LogP contribution >= 0.6 is 23.1 Å². The van der Waals surface area contributed by atoms with Gasteiger partial charge in [-0.15, -0.1) is 23.1 Å². The Bertz CT molecular complexity index is 679. The molecule has 0 spiro atoms. The molecule has 144 valence electrons. The highest BCUT2D eigenvalue weighted by Crippen LogP contribution is 2.35. The molecule has 0 radical (unpaired) electrons. The maximum Gasteiger partial charge on any atom is 0.341 e. The summed E-state index contributed by atoms with van der Waals surface area (Å²) in [5.74, 6) is -0.518. The molecule has 26 heavy (non-hydrogen) atoms. The van der Waals surface area contributed by atoms with Gasteiger partial charge in [-0.3, -0.25) is 9.59 Å². The summed E-state index contributed by atoms with van der Waals surface area (Å²) < 4.78 is 5.11. The number of amides is 2. The van der Waals surface area contributed by atoms with Crippen molar-refractivity contribution in [3.63, 3.8) is 0 Å². The molecule has 2 amide bonds. The molecule has 1 fully saturated rings. The first-order valence-corrected chi connectivity index (χ1v) is 10.6. The molecule has 0 unspecified atom stereocenters. The molecule has 1 heterocycles. The summed E-state index contributed by atoms with van der Waals surface area (Å²) in [5, 5.41) is 3.75. The van der Waals surface area contributed by atoms with Gasteiger partial charge in [0, 0.05) is 19.3 Å². The van der Waals surface area contributed by atoms with Gasteiger partial charge >= 0.3 is 5.97 Å². The molecule has 0 atom stereocenters. The number of anilines is 1. The van der Waals surface area contributed by atoms with Crippen molar-refractivity contribution < 1.29 is 19.1 Å². The fourth-order valence-corrected chi connectivity index (χ4v) is 5.23. The normalized spacial score (nSPS) is 14.3. The van der Waals surface area contributed by atoms with E-state index in [4.69, 9.17) is 4.74 Å². The number of hydrogen-bond acceptors (Lipinski definition) is 6. The van der Waals surface area contributed by atoms with Crippen molar-refractivity contribution in [3.05, 3.63) is 16.0 Å². The number of rotatable bonds is 7. The first-order chi connectivity index (χ1) is 12.3. The second-order valence-corrected chi connectivity index (χ2v) is 8.76. The van der Waals surface area contributed by atoms with Crippen LogP contribution in [0.2, 0.25) is 0 Å². The SMILES string of the molecule is CCOC(=O)c1c(NC(=O)CSC2CCCC2)sc(C(=O)N(C)C)c1C. The van der Waals surface area contributed by atoms with E-state index in [1.54, 1.807) is 39.7 Å². The Morgan fingerprint density at radius 1 is 1.27 bits per heavy atom. The van der Waals surface area contributed by atoms with E-state index in [0.29, 0.717) is 26.4 Å². The lowest BCUT2D eigenvalue weighted by Gasteiger charge is -2.09. The predicted molar refractivity (Wildman–Crippen MR) is 106 cm³/mol. The summed E-state index contributed by atoms with van der Waals surface area (Å²) >= 11 is 2.79. The molecule has 1 aromatic rings. The van der Waals surface area contributed by atoms with Gasteiger partial charge in [-0.25, -0.2) is 4.79 Å². The fourth-order valence-electron chi connectivity index (χ4n) is 2.87. The third-order valence-corrected chi connectivity index (χ3v) is 6.80. The van der Waals surface area contributed by atoms with Crippen LogP contribution in [-0.4, -0.2) is 54.4 Å². The van der Waals surface area contributed by atoms with Crippen molar-refractivity contribution in [2.45, 2.75) is 44.8 Å². The summed E-state index contributed by atoms with van der Waals surface area (Å²) in [5.41, 5.74) is 0.826. The summed E-state index contributed by atoms with van der Waals surface area (Å²) in [7, 11) is 3.31. The first-order valence-electron chi connectivity index (χ1n) is 8.78. The standard InChI is InChI=1S/C18H26N2O4S2/c1-5-24-18(23)14-11(2)15(17(22)20(3)4)26-16(14)19-13(21)10-25-12-8-6-7-9-12/h12H,5-10H2,1-4H3,(H,19,21). The van der Waals surface area contributed by atoms with E-state index in [1.807, 2.05) is 0 Å². The second kappa shape index (κ2) is 9.41. The van der Waals surface area contributed by atoms with Crippen molar-refractivity contribution in [2.75, 3.05) is 31.8 Å². The molecule has 1 aliphatic carbocycles. The van der Waals surface area contributed by atoms with Crippen LogP contribution in [0.3, 0.4) is 0 Å². The van der Waals surface area contributed by atoms with Crippen molar-refractivity contribution >= 4 is 45.9 Å². The minimum absolute atomic E-state index is 0.155. The number of thioether (sulfide) groups is 1. The molecule has 1 aromatic heterocycles. The molecule has 6 nitrogen and oxygen atoms in total. The van der Waals surface area contributed by atoms with E-state index < -0.39 is 5.97 Å². The summed E-state index contributed by atoms with van der Waals surface area (Å²) in [6, 6.07) is 0. The van der Waals surface area contributed by atoms with E-state index in [9.17, 15) is 14.4 Å². The van der Waals surface area contributed by atoms with Gasteiger partial charge in [-0.2, -0.15) is 0 Å². The van der Waals surface area contributed by atoms with Gasteiger partial charge in [-0.05, 0) is 32.3 Å². The molecule has 1 N–H and O–H groups in total. The molecule has 0 aromatic carbocycles. The minimum Gasteiger partial charge on any atom is -0.462 e. The molecule has 1 aliphatic rings. The molecule has 0 saturated heterocycles. The molecule has 0 aliphatic heterocycles. The van der Waals surface area contributed by atoms with Crippen molar-refractivity contribution in [2.24, 2.45) is 0 Å². The quantitative estimate of drug-likeness (QED) is 0.711. The zero-order chi connectivity index (χ0) is 19.3. The predicted octanol–water partition coefficient (Wildman–Crippen LogP) is 3.55. The van der Waals surface area contributed by atoms with E-state index in [0.717, 1.165) is 24.2 Å². The summed E-state index contributed by atoms with van der Waals surface area (Å²) in [6.07, 6.45) is 4.77. The smallest absolute Gasteiger partial charge is 0.341 e. The largest absolute Gasteiger partial charge is 0.462 e. The van der Waals surface area contributed by atoms with Crippen molar-refractivity contribution in [1.29, 1.82) is 0 Å². The Hall–Kier alpha value is -1.54. The second-order valence-electron chi connectivity index (χ2n) is 6.45. The van der Waals surface area contributed by atoms with E-state index in [1.165, 1.54) is 17.7 Å². The molecule has 2 rings (SSSR count). The third kappa shape index (κ3) is 5.01. The Morgan fingerprint density at radius 3 is 2.50 bits per heavy atom. The monoisotopic (exact) mass is 398 g/mol. The van der Waals surface area contributed by atoms with E-state index in [2.05, 4.69) is 5.32 Å². The van der Waals surface area contributed by atoms with Crippen LogP contribution in [0.15, 0.2) is 0 Å². The van der Waals surface area contributed by atoms with Crippen LogP contribution in [0, 0.1) is 6.92 Å². The number of carbonyl (C=O) groups excluding carboxylic acids is 3. The maximum atomic E-state index is 12.4. The van der Waals surface area contributed by atoms with Gasteiger partial charge in [0.05, 0.1) is 22.8 Å². The third-order valence-electron chi connectivity index (χ3n) is 4.23. The number of hydrogen-bond donors (Lipinski definition) is 1. The summed E-state index contributed by atoms with van der Waals surface area (Å²) in [6.45, 7) is 3.67. The Kier molecular flexibility index (Phi) is 7.52. The highest BCUT2D eigenvalue weighted by atomic mass is 32.2. The maximum absolute atomic E-state index is 12.4. The van der Waals surface area contributed by atoms with Gasteiger partial charge < -0.3 is 15.0 Å². The Labute approximate surface area is 162 Å². The van der Waals surface area contributed by atoms with E-state index in [-0.39, 0.29) is 24.0 Å². The number of nitrogens with one attached hydrogen (secondary N) is 1. The molecular formula is C18H26N2O4S2. The van der Waals surface area contributed by atoms with Crippen molar-refractivity contribution in [3.8, 4) is 0 Å². The summed E-state index contributed by atoms with van der Waals surface area (Å²) in [4.78, 5) is 39.0. The van der Waals surface area contributed by atoms with E-state index >= 15 is 0 Å². The first kappa shape index (κ1) is 20.8. The van der Waals surface area contributed by atoms with Gasteiger partial charge in [-0.1, -0.05) is 12.8 Å². The molecule has 1 saturated carbocycles. The van der Waals surface area contributed by atoms with Crippen LogP contribution in [-0.2, 0) is 9.53 Å². The van der Waals surface area contributed by atoms with Crippen LogP contribution in [0.25, 0.3) is 0 Å². The number of nitrogens with zero attached hydrogens (tertiary/aromatic N) is 1. The number of thiophene rings is 1. The highest BCUT2D eigenvalue weighted by Gasteiger charge is 2.27. The van der Waals surface area contributed by atoms with Gasteiger partial charge in [0.1, 0.15) is 5.00 Å². The highest BCUT2D eigenvalue weighted by molar-refractivity contribution is 8.00. The minimum atomic E-state index is -0.516. The zero-order valence-electron chi connectivity index (χ0n) is 15.7. The van der Waals surface area contributed by atoms with Crippen LogP contribution in [0.4, 0.5) is 5.00 Å². The molecular weight excluding hydrogens is 372 g/mol. The molecule has 0 bridgehead atoms. The molecule has 8 heteroatoms. The van der Waals surface area contributed by atoms with Crippen molar-refractivity contribution in [1.82, 2.24) is 4.90 Å². The van der Waals surface area contributed by atoms with Crippen LogP contribution < -0.4 is 5.32 Å². The number of ether oxygens (including phenoxy) is 1. The number of esters is 1.